The van der Waals surface area contributed by atoms with Crippen molar-refractivity contribution >= 4 is 0 Å². The van der Waals surface area contributed by atoms with Gasteiger partial charge < -0.3 is 5.32 Å². The van der Waals surface area contributed by atoms with E-state index < -0.39 is 5.66 Å². The zero-order chi connectivity index (χ0) is 8.16. The van der Waals surface area contributed by atoms with Crippen molar-refractivity contribution in [2.45, 2.75) is 31.8 Å². The van der Waals surface area contributed by atoms with Crippen LogP contribution in [0.4, 0.5) is 0 Å². The van der Waals surface area contributed by atoms with Gasteiger partial charge in [0, 0.05) is 0 Å². The van der Waals surface area contributed by atoms with Gasteiger partial charge in [-0.25, -0.2) is 5.73 Å². The summed E-state index contributed by atoms with van der Waals surface area (Å²) in [6, 6.07) is 0. The van der Waals surface area contributed by atoms with Crippen LogP contribution >= 0.6 is 0 Å². The summed E-state index contributed by atoms with van der Waals surface area (Å²) in [6.45, 7) is 2.14. The number of allylic oxidation sites excluding steroid dienone is 2. The van der Waals surface area contributed by atoms with Crippen LogP contribution in [0.3, 0.4) is 0 Å². The third-order valence-corrected chi connectivity index (χ3v) is 1.85. The van der Waals surface area contributed by atoms with E-state index in [4.69, 9.17) is 5.73 Å². The molecular weight excluding hydrogens is 136 g/mol. The van der Waals surface area contributed by atoms with Crippen LogP contribution < -0.4 is 11.1 Å². The maximum absolute atomic E-state index is 7.87. The molecule has 2 heteroatoms. The molecular formula is C9H15N2. The number of hydrogen-bond acceptors (Lipinski definition) is 1. The van der Waals surface area contributed by atoms with E-state index in [0.29, 0.717) is 0 Å². The van der Waals surface area contributed by atoms with E-state index in [2.05, 4.69) is 12.2 Å². The summed E-state index contributed by atoms with van der Waals surface area (Å²) in [5.41, 5.74) is 7.34. The van der Waals surface area contributed by atoms with E-state index in [1.165, 1.54) is 0 Å². The number of unbranched alkanes of at least 4 members (excludes halogenated alkanes) is 1. The van der Waals surface area contributed by atoms with E-state index in [1.807, 2.05) is 24.4 Å². The minimum Gasteiger partial charge on any atom is -0.369 e. The molecule has 1 aliphatic heterocycles. The second kappa shape index (κ2) is 3.58. The third-order valence-electron chi connectivity index (χ3n) is 1.85. The second-order valence-electron chi connectivity index (χ2n) is 2.94. The van der Waals surface area contributed by atoms with Crippen molar-refractivity contribution in [3.8, 4) is 0 Å². The molecule has 0 spiro atoms. The molecule has 0 amide bonds. The SMILES string of the molecule is CCCCC1([NH])C=CC=CN1. The summed E-state index contributed by atoms with van der Waals surface area (Å²) < 4.78 is 0. The van der Waals surface area contributed by atoms with Crippen LogP contribution in [0.15, 0.2) is 24.4 Å². The Bertz CT molecular complexity index is 172. The fraction of sp³-hybridized carbons (Fsp3) is 0.556. The lowest BCUT2D eigenvalue weighted by molar-refractivity contribution is 0.404. The predicted molar refractivity (Wildman–Crippen MR) is 46.8 cm³/mol. The van der Waals surface area contributed by atoms with Gasteiger partial charge in [0.2, 0.25) is 0 Å². The quantitative estimate of drug-likeness (QED) is 0.656. The molecule has 1 atom stereocenters. The second-order valence-corrected chi connectivity index (χ2v) is 2.94. The molecule has 1 heterocycles. The first-order valence-electron chi connectivity index (χ1n) is 4.14. The minimum atomic E-state index is -0.537. The zero-order valence-electron chi connectivity index (χ0n) is 6.93. The highest BCUT2D eigenvalue weighted by Gasteiger charge is 2.20. The summed E-state index contributed by atoms with van der Waals surface area (Å²) >= 11 is 0. The molecule has 61 valence electrons. The maximum atomic E-state index is 7.87. The fourth-order valence-electron chi connectivity index (χ4n) is 1.13. The third kappa shape index (κ3) is 2.39. The Balaban J connectivity index is 2.40. The van der Waals surface area contributed by atoms with Crippen LogP contribution in [0.1, 0.15) is 26.2 Å². The van der Waals surface area contributed by atoms with E-state index in [1.54, 1.807) is 0 Å². The molecule has 1 unspecified atom stereocenters. The molecule has 0 aromatic rings. The van der Waals surface area contributed by atoms with Crippen LogP contribution in [-0.2, 0) is 0 Å². The zero-order valence-corrected chi connectivity index (χ0v) is 6.93. The average molecular weight is 151 g/mol. The van der Waals surface area contributed by atoms with Gasteiger partial charge in [0.15, 0.2) is 0 Å². The summed E-state index contributed by atoms with van der Waals surface area (Å²) in [5, 5.41) is 3.03. The Morgan fingerprint density at radius 2 is 2.27 bits per heavy atom. The largest absolute Gasteiger partial charge is 0.369 e. The minimum absolute atomic E-state index is 0.537. The highest BCUT2D eigenvalue weighted by molar-refractivity contribution is 5.16. The Labute approximate surface area is 68.2 Å². The number of dihydropyridines is 1. The highest BCUT2D eigenvalue weighted by atomic mass is 15.1. The Morgan fingerprint density at radius 3 is 2.82 bits per heavy atom. The Morgan fingerprint density at radius 1 is 1.45 bits per heavy atom. The summed E-state index contributed by atoms with van der Waals surface area (Å²) in [4.78, 5) is 0. The van der Waals surface area contributed by atoms with Gasteiger partial charge in [-0.1, -0.05) is 19.4 Å². The molecule has 0 aromatic carbocycles. The lowest BCUT2D eigenvalue weighted by Gasteiger charge is -2.26. The summed E-state index contributed by atoms with van der Waals surface area (Å²) in [7, 11) is 0. The van der Waals surface area contributed by atoms with Crippen LogP contribution in [0.25, 0.3) is 0 Å². The van der Waals surface area contributed by atoms with Gasteiger partial charge in [-0.3, -0.25) is 0 Å². The molecule has 0 fully saturated rings. The molecule has 11 heavy (non-hydrogen) atoms. The Kier molecular flexibility index (Phi) is 2.71. The van der Waals surface area contributed by atoms with Gasteiger partial charge in [-0.05, 0) is 31.2 Å². The van der Waals surface area contributed by atoms with Gasteiger partial charge in [-0.2, -0.15) is 0 Å². The van der Waals surface area contributed by atoms with Crippen molar-refractivity contribution in [2.75, 3.05) is 0 Å². The predicted octanol–water partition coefficient (Wildman–Crippen LogP) is 1.83. The van der Waals surface area contributed by atoms with Gasteiger partial charge >= 0.3 is 0 Å². The number of hydrogen-bond donors (Lipinski definition) is 1. The maximum Gasteiger partial charge on any atom is 0.120 e. The van der Waals surface area contributed by atoms with Crippen molar-refractivity contribution in [1.29, 1.82) is 0 Å². The van der Waals surface area contributed by atoms with Crippen LogP contribution in [-0.4, -0.2) is 5.66 Å². The molecule has 1 aliphatic rings. The molecule has 0 aliphatic carbocycles. The van der Waals surface area contributed by atoms with E-state index in [-0.39, 0.29) is 0 Å². The van der Waals surface area contributed by atoms with Crippen LogP contribution in [0.5, 0.6) is 0 Å². The highest BCUT2D eigenvalue weighted by Crippen LogP contribution is 2.13. The van der Waals surface area contributed by atoms with Crippen LogP contribution in [0, 0.1) is 0 Å². The molecule has 1 rings (SSSR count). The van der Waals surface area contributed by atoms with Crippen molar-refractivity contribution in [1.82, 2.24) is 11.1 Å². The summed E-state index contributed by atoms with van der Waals surface area (Å²) in [5.74, 6) is 0. The average Bonchev–Trinajstić information content (AvgIpc) is 2.03. The monoisotopic (exact) mass is 151 g/mol. The molecule has 1 radical (unpaired) electrons. The lowest BCUT2D eigenvalue weighted by atomic mass is 10.0. The first kappa shape index (κ1) is 8.34. The first-order chi connectivity index (χ1) is 5.27. The number of nitrogens with one attached hydrogen (secondary N) is 2. The molecule has 0 aromatic heterocycles. The molecule has 2 N–H and O–H groups in total. The standard InChI is InChI=1S/C9H15N2/c1-2-3-6-9(10)7-4-5-8-11-9/h4-5,7-8,10-11H,2-3,6H2,1H3. The van der Waals surface area contributed by atoms with Crippen molar-refractivity contribution in [3.63, 3.8) is 0 Å². The number of rotatable bonds is 3. The van der Waals surface area contributed by atoms with Gasteiger partial charge in [-0.15, -0.1) is 0 Å². The van der Waals surface area contributed by atoms with Crippen molar-refractivity contribution in [2.24, 2.45) is 0 Å². The van der Waals surface area contributed by atoms with Gasteiger partial charge in [0.05, 0.1) is 0 Å². The molecule has 0 bridgehead atoms. The van der Waals surface area contributed by atoms with Crippen molar-refractivity contribution in [3.05, 3.63) is 24.4 Å². The lowest BCUT2D eigenvalue weighted by Crippen LogP contribution is -2.42. The molecule has 2 nitrogen and oxygen atoms in total. The van der Waals surface area contributed by atoms with Crippen LogP contribution in [0.2, 0.25) is 0 Å². The molecule has 0 saturated heterocycles. The van der Waals surface area contributed by atoms with E-state index in [9.17, 15) is 0 Å². The first-order valence-corrected chi connectivity index (χ1v) is 4.14. The topological polar surface area (TPSA) is 35.8 Å². The van der Waals surface area contributed by atoms with Gasteiger partial charge in [0.25, 0.3) is 0 Å². The fourth-order valence-corrected chi connectivity index (χ4v) is 1.13. The van der Waals surface area contributed by atoms with Crippen molar-refractivity contribution < 1.29 is 0 Å². The normalized spacial score (nSPS) is 28.5. The Hall–Kier alpha value is -0.760. The van der Waals surface area contributed by atoms with E-state index in [0.717, 1.165) is 19.3 Å². The smallest absolute Gasteiger partial charge is 0.120 e. The van der Waals surface area contributed by atoms with E-state index >= 15 is 0 Å². The van der Waals surface area contributed by atoms with Gasteiger partial charge in [0.1, 0.15) is 5.66 Å². The summed E-state index contributed by atoms with van der Waals surface area (Å²) in [6.07, 6.45) is 10.7. The molecule has 0 saturated carbocycles.